The molecule has 36 heavy (non-hydrogen) atoms. The van der Waals surface area contributed by atoms with Crippen LogP contribution in [0.2, 0.25) is 5.02 Å². The zero-order chi connectivity index (χ0) is 25.9. The van der Waals surface area contributed by atoms with Gasteiger partial charge in [-0.25, -0.2) is 0 Å². The number of carbonyl (C=O) groups is 1. The van der Waals surface area contributed by atoms with Gasteiger partial charge in [-0.3, -0.25) is 4.79 Å². The van der Waals surface area contributed by atoms with Gasteiger partial charge < -0.3 is 19.5 Å². The van der Waals surface area contributed by atoms with Gasteiger partial charge in [0.1, 0.15) is 30.6 Å². The standard InChI is InChI=1S/C28H22BrClN2O4/c1-3-13-35-27-24(29)15-19(16-26(27)34-4-2)14-21(17-31)28(33)32-22-9-11-23(12-10-22)36-18-20-7-5-6-8-25(20)30/h1,5-12,14-16H,4,13,18H2,2H3,(H,32,33)/b21-14+. The molecule has 0 fully saturated rings. The Kier molecular flexibility index (Phi) is 9.82. The summed E-state index contributed by atoms with van der Waals surface area (Å²) in [6.07, 6.45) is 6.75. The fourth-order valence-electron chi connectivity index (χ4n) is 3.11. The van der Waals surface area contributed by atoms with E-state index in [9.17, 15) is 10.1 Å². The lowest BCUT2D eigenvalue weighted by atomic mass is 10.1. The Bertz CT molecular complexity index is 1340. The molecule has 0 atom stereocenters. The molecule has 0 spiro atoms. The molecule has 0 saturated heterocycles. The van der Waals surface area contributed by atoms with E-state index >= 15 is 0 Å². The van der Waals surface area contributed by atoms with Gasteiger partial charge in [0.15, 0.2) is 11.5 Å². The number of nitriles is 1. The smallest absolute Gasteiger partial charge is 0.266 e. The molecular weight excluding hydrogens is 544 g/mol. The van der Waals surface area contributed by atoms with Gasteiger partial charge in [0.2, 0.25) is 0 Å². The van der Waals surface area contributed by atoms with Gasteiger partial charge in [0, 0.05) is 16.3 Å². The molecule has 0 saturated carbocycles. The topological polar surface area (TPSA) is 80.6 Å². The lowest BCUT2D eigenvalue weighted by Gasteiger charge is -2.13. The first-order valence-corrected chi connectivity index (χ1v) is 12.0. The van der Waals surface area contributed by atoms with Gasteiger partial charge in [-0.15, -0.1) is 6.42 Å². The van der Waals surface area contributed by atoms with E-state index in [4.69, 9.17) is 32.2 Å². The minimum absolute atomic E-state index is 0.0730. The number of benzene rings is 3. The second-order valence-corrected chi connectivity index (χ2v) is 8.55. The maximum absolute atomic E-state index is 12.7. The van der Waals surface area contributed by atoms with Crippen molar-refractivity contribution in [3.05, 3.63) is 86.9 Å². The maximum Gasteiger partial charge on any atom is 0.266 e. The zero-order valence-electron chi connectivity index (χ0n) is 19.4. The van der Waals surface area contributed by atoms with E-state index in [0.29, 0.717) is 51.2 Å². The third kappa shape index (κ3) is 7.29. The fourth-order valence-corrected chi connectivity index (χ4v) is 3.88. The molecule has 3 aromatic carbocycles. The molecule has 0 aromatic heterocycles. The van der Waals surface area contributed by atoms with Crippen molar-refractivity contribution in [2.75, 3.05) is 18.5 Å². The molecule has 0 aliphatic rings. The summed E-state index contributed by atoms with van der Waals surface area (Å²) in [7, 11) is 0. The third-order valence-corrected chi connectivity index (χ3v) is 5.73. The van der Waals surface area contributed by atoms with E-state index in [1.165, 1.54) is 6.08 Å². The monoisotopic (exact) mass is 564 g/mol. The van der Waals surface area contributed by atoms with Crippen molar-refractivity contribution < 1.29 is 19.0 Å². The first kappa shape index (κ1) is 26.7. The molecule has 0 radical (unpaired) electrons. The lowest BCUT2D eigenvalue weighted by Crippen LogP contribution is -2.13. The zero-order valence-corrected chi connectivity index (χ0v) is 21.7. The number of nitrogens with one attached hydrogen (secondary N) is 1. The predicted molar refractivity (Wildman–Crippen MR) is 144 cm³/mol. The van der Waals surface area contributed by atoms with Crippen molar-refractivity contribution in [1.29, 1.82) is 5.26 Å². The number of ether oxygens (including phenoxy) is 3. The second kappa shape index (κ2) is 13.3. The Hall–Kier alpha value is -3.91. The van der Waals surface area contributed by atoms with Crippen molar-refractivity contribution in [3.63, 3.8) is 0 Å². The first-order valence-electron chi connectivity index (χ1n) is 10.9. The van der Waals surface area contributed by atoms with Crippen molar-refractivity contribution >= 4 is 45.2 Å². The Morgan fingerprint density at radius 3 is 2.56 bits per heavy atom. The number of rotatable bonds is 10. The number of terminal acetylenes is 1. The highest BCUT2D eigenvalue weighted by atomic mass is 79.9. The highest BCUT2D eigenvalue weighted by molar-refractivity contribution is 9.10. The van der Waals surface area contributed by atoms with Crippen LogP contribution in [-0.4, -0.2) is 19.1 Å². The molecular formula is C28H22BrClN2O4. The molecule has 6 nitrogen and oxygen atoms in total. The average Bonchev–Trinajstić information content (AvgIpc) is 2.87. The summed E-state index contributed by atoms with van der Waals surface area (Å²) < 4.78 is 17.5. The van der Waals surface area contributed by atoms with Crippen molar-refractivity contribution in [1.82, 2.24) is 0 Å². The lowest BCUT2D eigenvalue weighted by molar-refractivity contribution is -0.112. The van der Waals surface area contributed by atoms with Crippen molar-refractivity contribution in [2.45, 2.75) is 13.5 Å². The molecule has 8 heteroatoms. The Labute approximate surface area is 223 Å². The van der Waals surface area contributed by atoms with Crippen molar-refractivity contribution in [3.8, 4) is 35.7 Å². The van der Waals surface area contributed by atoms with E-state index in [-0.39, 0.29) is 12.2 Å². The Morgan fingerprint density at radius 1 is 1.14 bits per heavy atom. The van der Waals surface area contributed by atoms with E-state index in [1.807, 2.05) is 31.2 Å². The summed E-state index contributed by atoms with van der Waals surface area (Å²) >= 11 is 9.59. The Balaban J connectivity index is 1.71. The normalized spacial score (nSPS) is 10.6. The number of halogens is 2. The van der Waals surface area contributed by atoms with Crippen LogP contribution in [0.4, 0.5) is 5.69 Å². The van der Waals surface area contributed by atoms with Crippen LogP contribution in [0.25, 0.3) is 6.08 Å². The van der Waals surface area contributed by atoms with Crippen LogP contribution < -0.4 is 19.5 Å². The molecule has 0 aliphatic carbocycles. The summed E-state index contributed by atoms with van der Waals surface area (Å²) in [5.41, 5.74) is 1.88. The number of hydrogen-bond donors (Lipinski definition) is 1. The second-order valence-electron chi connectivity index (χ2n) is 7.28. The molecule has 1 amide bonds. The molecule has 3 rings (SSSR count). The summed E-state index contributed by atoms with van der Waals surface area (Å²) in [6.45, 7) is 2.63. The summed E-state index contributed by atoms with van der Waals surface area (Å²) in [4.78, 5) is 12.7. The van der Waals surface area contributed by atoms with E-state index in [2.05, 4.69) is 27.2 Å². The fraction of sp³-hybridized carbons (Fsp3) is 0.143. The van der Waals surface area contributed by atoms with Gasteiger partial charge in [0.25, 0.3) is 5.91 Å². The summed E-state index contributed by atoms with van der Waals surface area (Å²) in [6, 6.07) is 19.6. The van der Waals surface area contributed by atoms with Gasteiger partial charge >= 0.3 is 0 Å². The summed E-state index contributed by atoms with van der Waals surface area (Å²) in [5.74, 6) is 3.36. The third-order valence-electron chi connectivity index (χ3n) is 4.77. The highest BCUT2D eigenvalue weighted by Gasteiger charge is 2.14. The molecule has 3 aromatic rings. The van der Waals surface area contributed by atoms with Crippen LogP contribution >= 0.6 is 27.5 Å². The summed E-state index contributed by atoms with van der Waals surface area (Å²) in [5, 5.41) is 12.9. The van der Waals surface area contributed by atoms with Gasteiger partial charge in [0.05, 0.1) is 11.1 Å². The van der Waals surface area contributed by atoms with Crippen LogP contribution in [0.3, 0.4) is 0 Å². The van der Waals surface area contributed by atoms with Crippen LogP contribution in [-0.2, 0) is 11.4 Å². The first-order chi connectivity index (χ1) is 17.4. The van der Waals surface area contributed by atoms with Crippen LogP contribution in [0.15, 0.2) is 70.7 Å². The quantitative estimate of drug-likeness (QED) is 0.169. The number of amides is 1. The van der Waals surface area contributed by atoms with Gasteiger partial charge in [-0.05, 0) is 77.0 Å². The minimum Gasteiger partial charge on any atom is -0.490 e. The minimum atomic E-state index is -0.552. The average molecular weight is 566 g/mol. The molecule has 1 N–H and O–H groups in total. The van der Waals surface area contributed by atoms with Crippen LogP contribution in [0.1, 0.15) is 18.1 Å². The SMILES string of the molecule is C#CCOc1c(Br)cc(/C=C(\C#N)C(=O)Nc2ccc(OCc3ccccc3Cl)cc2)cc1OCC. The molecule has 0 heterocycles. The van der Waals surface area contributed by atoms with Gasteiger partial charge in [-0.1, -0.05) is 35.7 Å². The largest absolute Gasteiger partial charge is 0.490 e. The van der Waals surface area contributed by atoms with E-state index < -0.39 is 5.91 Å². The number of anilines is 1. The number of carbonyl (C=O) groups excluding carboxylic acids is 1. The molecule has 0 bridgehead atoms. The van der Waals surface area contributed by atoms with E-state index in [0.717, 1.165) is 5.56 Å². The number of nitrogens with zero attached hydrogens (tertiary/aromatic N) is 1. The molecule has 0 aliphatic heterocycles. The van der Waals surface area contributed by atoms with E-state index in [1.54, 1.807) is 42.5 Å². The van der Waals surface area contributed by atoms with Crippen LogP contribution in [0, 0.1) is 23.7 Å². The van der Waals surface area contributed by atoms with Crippen molar-refractivity contribution in [2.24, 2.45) is 0 Å². The molecule has 0 unspecified atom stereocenters. The maximum atomic E-state index is 12.7. The Morgan fingerprint density at radius 2 is 1.89 bits per heavy atom. The van der Waals surface area contributed by atoms with Gasteiger partial charge in [-0.2, -0.15) is 5.26 Å². The number of hydrogen-bond acceptors (Lipinski definition) is 5. The predicted octanol–water partition coefficient (Wildman–Crippen LogP) is 6.64. The molecule has 182 valence electrons. The highest BCUT2D eigenvalue weighted by Crippen LogP contribution is 2.37. The van der Waals surface area contributed by atoms with Crippen LogP contribution in [0.5, 0.6) is 17.2 Å².